The van der Waals surface area contributed by atoms with Gasteiger partial charge >= 0.3 is 0 Å². The Kier molecular flexibility index (Phi) is 3.22. The number of hydrogen-bond acceptors (Lipinski definition) is 3. The van der Waals surface area contributed by atoms with E-state index < -0.39 is 0 Å². The monoisotopic (exact) mass is 245 g/mol. The van der Waals surface area contributed by atoms with Crippen LogP contribution in [0.25, 0.3) is 11.1 Å². The standard InChI is InChI=1S/C15H19NO2/c17-12-7-8-13-14(10-12)18-15(16-13)9-6-11-4-2-1-3-5-11/h7-8,10-11,17H,1-6,9H2. The normalized spacial score (nSPS) is 17.3. The molecule has 1 heterocycles. The minimum absolute atomic E-state index is 0.234. The van der Waals surface area contributed by atoms with E-state index in [1.807, 2.05) is 0 Å². The summed E-state index contributed by atoms with van der Waals surface area (Å²) >= 11 is 0. The SMILES string of the molecule is Oc1ccc2nc(CCC3CCCCC3)oc2c1. The van der Waals surface area contributed by atoms with E-state index in [1.165, 1.54) is 38.5 Å². The molecule has 3 rings (SSSR count). The highest BCUT2D eigenvalue weighted by molar-refractivity contribution is 5.74. The summed E-state index contributed by atoms with van der Waals surface area (Å²) in [5, 5.41) is 9.39. The van der Waals surface area contributed by atoms with Gasteiger partial charge in [-0.15, -0.1) is 0 Å². The maximum Gasteiger partial charge on any atom is 0.195 e. The lowest BCUT2D eigenvalue weighted by atomic mass is 9.86. The Morgan fingerprint density at radius 3 is 2.89 bits per heavy atom. The number of phenols is 1. The van der Waals surface area contributed by atoms with Gasteiger partial charge in [-0.2, -0.15) is 0 Å². The Bertz CT molecular complexity index is 526. The highest BCUT2D eigenvalue weighted by Gasteiger charge is 2.15. The van der Waals surface area contributed by atoms with Crippen LogP contribution in [-0.4, -0.2) is 10.1 Å². The number of nitrogens with zero attached hydrogens (tertiary/aromatic N) is 1. The Labute approximate surface area is 107 Å². The van der Waals surface area contributed by atoms with Gasteiger partial charge in [0.2, 0.25) is 0 Å². The first-order valence-electron chi connectivity index (χ1n) is 6.90. The molecule has 1 saturated carbocycles. The van der Waals surface area contributed by atoms with E-state index >= 15 is 0 Å². The van der Waals surface area contributed by atoms with Crippen molar-refractivity contribution in [2.45, 2.75) is 44.9 Å². The molecule has 1 aliphatic rings. The topological polar surface area (TPSA) is 46.3 Å². The van der Waals surface area contributed by atoms with Gasteiger partial charge in [-0.1, -0.05) is 32.1 Å². The molecule has 18 heavy (non-hydrogen) atoms. The lowest BCUT2D eigenvalue weighted by Gasteiger charge is -2.20. The zero-order valence-electron chi connectivity index (χ0n) is 10.6. The Hall–Kier alpha value is -1.51. The fourth-order valence-electron chi connectivity index (χ4n) is 2.87. The number of rotatable bonds is 3. The first-order chi connectivity index (χ1) is 8.81. The van der Waals surface area contributed by atoms with Crippen LogP contribution >= 0.6 is 0 Å². The number of aromatic hydroxyl groups is 1. The minimum Gasteiger partial charge on any atom is -0.508 e. The molecule has 0 saturated heterocycles. The van der Waals surface area contributed by atoms with Crippen LogP contribution in [-0.2, 0) is 6.42 Å². The van der Waals surface area contributed by atoms with Gasteiger partial charge < -0.3 is 9.52 Å². The predicted molar refractivity (Wildman–Crippen MR) is 70.6 cm³/mol. The van der Waals surface area contributed by atoms with Crippen LogP contribution in [0.3, 0.4) is 0 Å². The van der Waals surface area contributed by atoms with E-state index in [0.29, 0.717) is 5.58 Å². The molecule has 1 aromatic carbocycles. The molecule has 0 unspecified atom stereocenters. The van der Waals surface area contributed by atoms with Crippen molar-refractivity contribution in [2.24, 2.45) is 5.92 Å². The third-order valence-corrected chi connectivity index (χ3v) is 3.91. The number of aryl methyl sites for hydroxylation is 1. The smallest absolute Gasteiger partial charge is 0.195 e. The third kappa shape index (κ3) is 2.50. The molecule has 3 nitrogen and oxygen atoms in total. The molecule has 0 aliphatic heterocycles. The molecule has 3 heteroatoms. The fourth-order valence-corrected chi connectivity index (χ4v) is 2.87. The summed E-state index contributed by atoms with van der Waals surface area (Å²) in [6.07, 6.45) is 8.98. The van der Waals surface area contributed by atoms with Crippen molar-refractivity contribution in [1.82, 2.24) is 4.98 Å². The molecule has 0 spiro atoms. The molecule has 1 fully saturated rings. The van der Waals surface area contributed by atoms with E-state index in [-0.39, 0.29) is 5.75 Å². The van der Waals surface area contributed by atoms with Crippen molar-refractivity contribution >= 4 is 11.1 Å². The Morgan fingerprint density at radius 1 is 1.22 bits per heavy atom. The van der Waals surface area contributed by atoms with Crippen molar-refractivity contribution < 1.29 is 9.52 Å². The molecular weight excluding hydrogens is 226 g/mol. The molecule has 0 amide bonds. The van der Waals surface area contributed by atoms with Crippen LogP contribution in [0.1, 0.15) is 44.4 Å². The fraction of sp³-hybridized carbons (Fsp3) is 0.533. The Morgan fingerprint density at radius 2 is 2.06 bits per heavy atom. The van der Waals surface area contributed by atoms with E-state index in [4.69, 9.17) is 4.42 Å². The van der Waals surface area contributed by atoms with Crippen LogP contribution < -0.4 is 0 Å². The van der Waals surface area contributed by atoms with Gasteiger partial charge in [0, 0.05) is 12.5 Å². The van der Waals surface area contributed by atoms with Crippen molar-refractivity contribution in [3.8, 4) is 5.75 Å². The number of benzene rings is 1. The van der Waals surface area contributed by atoms with Crippen LogP contribution in [0, 0.1) is 5.92 Å². The van der Waals surface area contributed by atoms with Crippen molar-refractivity contribution in [1.29, 1.82) is 0 Å². The molecular formula is C15H19NO2. The number of phenolic OH excluding ortho intramolecular Hbond substituents is 1. The third-order valence-electron chi connectivity index (χ3n) is 3.91. The summed E-state index contributed by atoms with van der Waals surface area (Å²) in [6, 6.07) is 5.08. The summed E-state index contributed by atoms with van der Waals surface area (Å²) in [5.41, 5.74) is 1.53. The average Bonchev–Trinajstić information content (AvgIpc) is 2.79. The second-order valence-electron chi connectivity index (χ2n) is 5.30. The molecule has 0 bridgehead atoms. The highest BCUT2D eigenvalue weighted by Crippen LogP contribution is 2.28. The van der Waals surface area contributed by atoms with Crippen LogP contribution in [0.5, 0.6) is 5.75 Å². The first kappa shape index (κ1) is 11.6. The molecule has 96 valence electrons. The molecule has 0 radical (unpaired) electrons. The first-order valence-corrected chi connectivity index (χ1v) is 6.90. The highest BCUT2D eigenvalue weighted by atomic mass is 16.3. The van der Waals surface area contributed by atoms with Gasteiger partial charge in [0.05, 0.1) is 0 Å². The molecule has 1 aromatic heterocycles. The summed E-state index contributed by atoms with van der Waals surface area (Å²) in [4.78, 5) is 4.46. The second-order valence-corrected chi connectivity index (χ2v) is 5.30. The van der Waals surface area contributed by atoms with Crippen LogP contribution in [0.2, 0.25) is 0 Å². The summed E-state index contributed by atoms with van der Waals surface area (Å²) in [7, 11) is 0. The predicted octanol–water partition coefficient (Wildman–Crippen LogP) is 4.05. The molecule has 0 atom stereocenters. The van der Waals surface area contributed by atoms with Gasteiger partial charge in [-0.25, -0.2) is 4.98 Å². The number of aromatic nitrogens is 1. The zero-order chi connectivity index (χ0) is 12.4. The summed E-state index contributed by atoms with van der Waals surface area (Å²) in [5.74, 6) is 1.89. The van der Waals surface area contributed by atoms with Gasteiger partial charge in [0.1, 0.15) is 11.3 Å². The Balaban J connectivity index is 1.67. The number of oxazole rings is 1. The van der Waals surface area contributed by atoms with Crippen LogP contribution in [0.4, 0.5) is 0 Å². The second kappa shape index (κ2) is 5.01. The van der Waals surface area contributed by atoms with E-state index in [2.05, 4.69) is 4.98 Å². The molecule has 2 aromatic rings. The quantitative estimate of drug-likeness (QED) is 0.887. The van der Waals surface area contributed by atoms with Gasteiger partial charge in [-0.05, 0) is 24.5 Å². The largest absolute Gasteiger partial charge is 0.508 e. The average molecular weight is 245 g/mol. The zero-order valence-corrected chi connectivity index (χ0v) is 10.6. The lowest BCUT2D eigenvalue weighted by Crippen LogP contribution is -2.07. The number of hydrogen-bond donors (Lipinski definition) is 1. The number of fused-ring (bicyclic) bond motifs is 1. The molecule has 1 N–H and O–H groups in total. The summed E-state index contributed by atoms with van der Waals surface area (Å²) < 4.78 is 5.67. The van der Waals surface area contributed by atoms with Gasteiger partial charge in [0.15, 0.2) is 11.5 Å². The van der Waals surface area contributed by atoms with Gasteiger partial charge in [-0.3, -0.25) is 0 Å². The van der Waals surface area contributed by atoms with E-state index in [9.17, 15) is 5.11 Å². The molecule has 1 aliphatic carbocycles. The minimum atomic E-state index is 0.234. The van der Waals surface area contributed by atoms with Crippen LogP contribution in [0.15, 0.2) is 22.6 Å². The lowest BCUT2D eigenvalue weighted by molar-refractivity contribution is 0.330. The van der Waals surface area contributed by atoms with E-state index in [0.717, 1.165) is 23.7 Å². The summed E-state index contributed by atoms with van der Waals surface area (Å²) in [6.45, 7) is 0. The van der Waals surface area contributed by atoms with Gasteiger partial charge in [0.25, 0.3) is 0 Å². The van der Waals surface area contributed by atoms with Crippen molar-refractivity contribution in [3.63, 3.8) is 0 Å². The van der Waals surface area contributed by atoms with E-state index in [1.54, 1.807) is 18.2 Å². The maximum absolute atomic E-state index is 9.39. The van der Waals surface area contributed by atoms with Crippen molar-refractivity contribution in [3.05, 3.63) is 24.1 Å². The van der Waals surface area contributed by atoms with Crippen molar-refractivity contribution in [2.75, 3.05) is 0 Å². The maximum atomic E-state index is 9.39.